The van der Waals surface area contributed by atoms with Crippen LogP contribution in [0.25, 0.3) is 0 Å². The maximum Gasteiger partial charge on any atom is 0.321 e. The summed E-state index contributed by atoms with van der Waals surface area (Å²) in [5, 5.41) is 11.4. The van der Waals surface area contributed by atoms with E-state index >= 15 is 0 Å². The molecule has 0 bridgehead atoms. The summed E-state index contributed by atoms with van der Waals surface area (Å²) in [6.07, 6.45) is 1.69. The van der Waals surface area contributed by atoms with Gasteiger partial charge in [-0.15, -0.1) is 6.58 Å². The fourth-order valence-electron chi connectivity index (χ4n) is 1.39. The van der Waals surface area contributed by atoms with Crippen molar-refractivity contribution in [3.8, 4) is 0 Å². The second-order valence-corrected chi connectivity index (χ2v) is 6.04. The summed E-state index contributed by atoms with van der Waals surface area (Å²) in [4.78, 5) is 21.7. The Labute approximate surface area is 113 Å². The molecule has 8 heteroatoms. The molecule has 0 aromatic carbocycles. The lowest BCUT2D eigenvalue weighted by Crippen LogP contribution is -2.47. The monoisotopic (exact) mass is 292 g/mol. The minimum absolute atomic E-state index is 0.0697. The Morgan fingerprint density at radius 3 is 2.47 bits per heavy atom. The van der Waals surface area contributed by atoms with Crippen molar-refractivity contribution in [2.24, 2.45) is 0 Å². The van der Waals surface area contributed by atoms with Gasteiger partial charge in [-0.3, -0.25) is 9.59 Å². The highest BCUT2D eigenvalue weighted by Gasteiger charge is 2.30. The van der Waals surface area contributed by atoms with Gasteiger partial charge in [-0.25, -0.2) is 8.42 Å². The smallest absolute Gasteiger partial charge is 0.321 e. The molecule has 0 aliphatic carbocycles. The fraction of sp³-hybridized carbons (Fsp3) is 0.636. The van der Waals surface area contributed by atoms with Crippen LogP contribution < -0.4 is 5.32 Å². The normalized spacial score (nSPS) is 13.0. The Balaban J connectivity index is 4.89. The van der Waals surface area contributed by atoms with Crippen LogP contribution in [0.3, 0.4) is 0 Å². The lowest BCUT2D eigenvalue weighted by molar-refractivity contribution is -0.140. The van der Waals surface area contributed by atoms with Crippen molar-refractivity contribution in [1.82, 2.24) is 9.62 Å². The molecule has 0 rings (SSSR count). The number of carboxylic acids is 1. The average Bonchev–Trinajstić information content (AvgIpc) is 2.30. The number of amides is 1. The molecule has 0 aromatic heterocycles. The van der Waals surface area contributed by atoms with E-state index in [0.717, 1.165) is 4.31 Å². The van der Waals surface area contributed by atoms with Crippen LogP contribution in [0.15, 0.2) is 12.7 Å². The maximum absolute atomic E-state index is 12.0. The number of rotatable bonds is 9. The molecular weight excluding hydrogens is 272 g/mol. The number of nitrogens with one attached hydrogen (secondary N) is 1. The van der Waals surface area contributed by atoms with Gasteiger partial charge in [-0.2, -0.15) is 4.31 Å². The summed E-state index contributed by atoms with van der Waals surface area (Å²) >= 11 is 0. The highest BCUT2D eigenvalue weighted by molar-refractivity contribution is 7.89. The highest BCUT2D eigenvalue weighted by Crippen LogP contribution is 2.09. The Morgan fingerprint density at radius 2 is 2.05 bits per heavy atom. The first-order valence-electron chi connectivity index (χ1n) is 5.80. The first kappa shape index (κ1) is 17.6. The summed E-state index contributed by atoms with van der Waals surface area (Å²) in [5.74, 6) is -1.73. The van der Waals surface area contributed by atoms with Gasteiger partial charge < -0.3 is 10.4 Å². The second-order valence-electron chi connectivity index (χ2n) is 4.00. The summed E-state index contributed by atoms with van der Waals surface area (Å²) < 4.78 is 24.9. The molecule has 0 saturated heterocycles. The first-order valence-corrected chi connectivity index (χ1v) is 7.41. The van der Waals surface area contributed by atoms with E-state index in [4.69, 9.17) is 5.11 Å². The molecule has 0 spiro atoms. The van der Waals surface area contributed by atoms with E-state index in [1.165, 1.54) is 19.9 Å². The molecule has 0 radical (unpaired) electrons. The van der Waals surface area contributed by atoms with Gasteiger partial charge in [-0.1, -0.05) is 6.08 Å². The SMILES string of the molecule is C=CCCS(=O)(=O)N(CCNC(C)=O)C(C)C(=O)O. The molecule has 2 N–H and O–H groups in total. The summed E-state index contributed by atoms with van der Waals surface area (Å²) in [7, 11) is -3.70. The van der Waals surface area contributed by atoms with Crippen LogP contribution in [0, 0.1) is 0 Å². The van der Waals surface area contributed by atoms with Crippen molar-refractivity contribution < 1.29 is 23.1 Å². The van der Waals surface area contributed by atoms with E-state index in [1.807, 2.05) is 0 Å². The molecule has 1 unspecified atom stereocenters. The van der Waals surface area contributed by atoms with Crippen molar-refractivity contribution in [3.05, 3.63) is 12.7 Å². The van der Waals surface area contributed by atoms with Crippen molar-refractivity contribution >= 4 is 21.9 Å². The number of aliphatic carboxylic acids is 1. The molecule has 0 saturated carbocycles. The van der Waals surface area contributed by atoms with E-state index in [-0.39, 0.29) is 31.2 Å². The molecule has 0 fully saturated rings. The quantitative estimate of drug-likeness (QED) is 0.573. The molecule has 0 aliphatic heterocycles. The van der Waals surface area contributed by atoms with Crippen LogP contribution in [0.2, 0.25) is 0 Å². The molecule has 0 aliphatic rings. The van der Waals surface area contributed by atoms with E-state index in [2.05, 4.69) is 11.9 Å². The first-order chi connectivity index (χ1) is 8.72. The molecule has 1 amide bonds. The number of carbonyl (C=O) groups is 2. The third-order valence-corrected chi connectivity index (χ3v) is 4.40. The minimum Gasteiger partial charge on any atom is -0.480 e. The van der Waals surface area contributed by atoms with E-state index in [9.17, 15) is 18.0 Å². The lowest BCUT2D eigenvalue weighted by atomic mass is 10.3. The third-order valence-electron chi connectivity index (χ3n) is 2.43. The Morgan fingerprint density at radius 1 is 1.47 bits per heavy atom. The molecule has 1 atom stereocenters. The van der Waals surface area contributed by atoms with Crippen LogP contribution in [-0.2, 0) is 19.6 Å². The number of nitrogens with zero attached hydrogens (tertiary/aromatic N) is 1. The molecule has 0 aromatic rings. The number of allylic oxidation sites excluding steroid dienone is 1. The molecule has 19 heavy (non-hydrogen) atoms. The number of carbonyl (C=O) groups excluding carboxylic acids is 1. The van der Waals surface area contributed by atoms with E-state index in [0.29, 0.717) is 0 Å². The van der Waals surface area contributed by atoms with Gasteiger partial charge in [0.25, 0.3) is 0 Å². The standard InChI is InChI=1S/C11H20N2O5S/c1-4-5-8-19(17,18)13(9(2)11(15)16)7-6-12-10(3)14/h4,9H,1,5-8H2,2-3H3,(H,12,14)(H,15,16). The van der Waals surface area contributed by atoms with E-state index in [1.54, 1.807) is 0 Å². The van der Waals surface area contributed by atoms with Crippen LogP contribution >= 0.6 is 0 Å². The number of sulfonamides is 1. The number of hydrogen-bond donors (Lipinski definition) is 2. The fourth-order valence-corrected chi connectivity index (χ4v) is 3.03. The zero-order valence-electron chi connectivity index (χ0n) is 11.1. The van der Waals surface area contributed by atoms with Gasteiger partial charge in [0.2, 0.25) is 15.9 Å². The Kier molecular flexibility index (Phi) is 7.32. The van der Waals surface area contributed by atoms with Gasteiger partial charge in [0.1, 0.15) is 6.04 Å². The van der Waals surface area contributed by atoms with Crippen LogP contribution in [0.5, 0.6) is 0 Å². The highest BCUT2D eigenvalue weighted by atomic mass is 32.2. The summed E-state index contributed by atoms with van der Waals surface area (Å²) in [5.41, 5.74) is 0. The molecule has 7 nitrogen and oxygen atoms in total. The van der Waals surface area contributed by atoms with Gasteiger partial charge in [-0.05, 0) is 13.3 Å². The van der Waals surface area contributed by atoms with Crippen LogP contribution in [-0.4, -0.2) is 54.6 Å². The predicted molar refractivity (Wildman–Crippen MR) is 71.1 cm³/mol. The van der Waals surface area contributed by atoms with Crippen molar-refractivity contribution in [2.45, 2.75) is 26.3 Å². The summed E-state index contributed by atoms with van der Waals surface area (Å²) in [6.45, 7) is 6.02. The minimum atomic E-state index is -3.70. The zero-order chi connectivity index (χ0) is 15.1. The zero-order valence-corrected chi connectivity index (χ0v) is 11.9. The molecule has 110 valence electrons. The lowest BCUT2D eigenvalue weighted by Gasteiger charge is -2.25. The topological polar surface area (TPSA) is 104 Å². The third kappa shape index (κ3) is 6.35. The van der Waals surface area contributed by atoms with Gasteiger partial charge in [0, 0.05) is 20.0 Å². The summed E-state index contributed by atoms with van der Waals surface area (Å²) in [6, 6.07) is -1.18. The van der Waals surface area contributed by atoms with Crippen LogP contribution in [0.1, 0.15) is 20.3 Å². The van der Waals surface area contributed by atoms with Crippen molar-refractivity contribution in [3.63, 3.8) is 0 Å². The Hall–Kier alpha value is -1.41. The molecular formula is C11H20N2O5S. The largest absolute Gasteiger partial charge is 0.480 e. The maximum atomic E-state index is 12.0. The van der Waals surface area contributed by atoms with Crippen LogP contribution in [0.4, 0.5) is 0 Å². The van der Waals surface area contributed by atoms with Crippen molar-refractivity contribution in [1.29, 1.82) is 0 Å². The number of carboxylic acid groups (broad SMARTS) is 1. The molecule has 0 heterocycles. The van der Waals surface area contributed by atoms with Crippen molar-refractivity contribution in [2.75, 3.05) is 18.8 Å². The van der Waals surface area contributed by atoms with Gasteiger partial charge in [0.05, 0.1) is 5.75 Å². The average molecular weight is 292 g/mol. The Bertz CT molecular complexity index is 432. The van der Waals surface area contributed by atoms with Gasteiger partial charge >= 0.3 is 5.97 Å². The number of hydrogen-bond acceptors (Lipinski definition) is 4. The van der Waals surface area contributed by atoms with E-state index < -0.39 is 22.0 Å². The van der Waals surface area contributed by atoms with Gasteiger partial charge in [0.15, 0.2) is 0 Å². The predicted octanol–water partition coefficient (Wildman–Crippen LogP) is -0.196. The second kappa shape index (κ2) is 7.90.